The zero-order valence-corrected chi connectivity index (χ0v) is 61.4. The molecule has 0 aromatic rings. The Morgan fingerprint density at radius 1 is 0.481 bits per heavy atom. The first-order chi connectivity index (χ1) is 36.4. The summed E-state index contributed by atoms with van der Waals surface area (Å²) in [6, 6.07) is 1.38. The number of nitrogens with one attached hydrogen (secondary N) is 2. The summed E-state index contributed by atoms with van der Waals surface area (Å²) < 4.78 is 98.6. The SMILES string of the molecule is [2H]O[Si](C)(C)O[Si](C)(CCCNCCN)O[Si](C)(C)O[Si](CN1CCOCC1)(O[Si]([B])(C)C)O[Si](C)(CN1CCOCC1)OC.[2H]O[Si](C)(C)O[Si](C)(CCCNCCN)O[Si](C)(C)O[Si](O)(CN1CCOCC1)O[Si]([B])(C)C. The first kappa shape index (κ1) is 71.1. The van der Waals surface area contributed by atoms with E-state index in [9.17, 15) is 4.80 Å². The van der Waals surface area contributed by atoms with Crippen molar-refractivity contribution in [1.82, 2.24) is 25.3 Å². The minimum Gasteiger partial charge on any atom is -0.424 e. The van der Waals surface area contributed by atoms with Crippen molar-refractivity contribution in [2.24, 2.45) is 11.5 Å². The molecule has 3 heterocycles. The summed E-state index contributed by atoms with van der Waals surface area (Å²) in [5.74, 6) is 0. The molecule has 3 saturated heterocycles. The molecule has 23 nitrogen and oxygen atoms in total. The minimum absolute atomic E-state index is 0.280. The Labute approximate surface area is 482 Å². The van der Waals surface area contributed by atoms with Gasteiger partial charge < -0.3 is 92.2 Å². The van der Waals surface area contributed by atoms with Gasteiger partial charge in [-0.3, -0.25) is 14.7 Å². The van der Waals surface area contributed by atoms with E-state index in [0.29, 0.717) is 90.2 Å². The van der Waals surface area contributed by atoms with E-state index >= 15 is 0 Å². The molecule has 36 heteroatoms. The molecule has 0 aliphatic carbocycles. The number of nitrogens with two attached hydrogens (primary N) is 2. The third-order valence-electron chi connectivity index (χ3n) is 11.6. The first-order valence-corrected chi connectivity index (χ1v) is 56.3. The van der Waals surface area contributed by atoms with Crippen LogP contribution in [0, 0.1) is 0 Å². The van der Waals surface area contributed by atoms with Crippen molar-refractivity contribution in [3.8, 4) is 0 Å². The van der Waals surface area contributed by atoms with Crippen molar-refractivity contribution in [2.75, 3.05) is 144 Å². The normalized spacial score (nSPS) is 21.9. The van der Waals surface area contributed by atoms with Gasteiger partial charge in [0.25, 0.3) is 0 Å². The van der Waals surface area contributed by atoms with Crippen molar-refractivity contribution in [3.05, 3.63) is 0 Å². The predicted octanol–water partition coefficient (Wildman–Crippen LogP) is 0.878. The number of morpholine rings is 3. The van der Waals surface area contributed by atoms with Crippen LogP contribution in [0.1, 0.15) is 12.8 Å². The molecule has 4 radical (unpaired) electrons. The predicted molar refractivity (Wildman–Crippen MR) is 331 cm³/mol. The molecule has 9 N–H and O–H groups in total. The fraction of sp³-hybridized carbons (Fsp3) is 1.00. The zero-order valence-electron chi connectivity index (χ0n) is 52.4. The smallest absolute Gasteiger partial charge is 0.424 e. The van der Waals surface area contributed by atoms with E-state index in [1.807, 2.05) is 91.7 Å². The van der Waals surface area contributed by atoms with E-state index < -0.39 is 93.9 Å². The maximum Gasteiger partial charge on any atom is 0.493 e. The van der Waals surface area contributed by atoms with E-state index in [-0.39, 0.29) is 6.17 Å². The van der Waals surface area contributed by atoms with Gasteiger partial charge >= 0.3 is 77.5 Å². The summed E-state index contributed by atoms with van der Waals surface area (Å²) in [6.45, 7) is 41.5. The molecule has 3 rings (SSSR count). The van der Waals surface area contributed by atoms with Gasteiger partial charge in [0.05, 0.1) is 66.9 Å². The fourth-order valence-electron chi connectivity index (χ4n) is 9.41. The highest BCUT2D eigenvalue weighted by atomic mass is 28.5. The summed E-state index contributed by atoms with van der Waals surface area (Å²) in [5.41, 5.74) is 11.2. The molecule has 5 atom stereocenters. The second kappa shape index (κ2) is 33.5. The van der Waals surface area contributed by atoms with Crippen LogP contribution in [0.4, 0.5) is 0 Å². The monoisotopic (exact) mass is 1290 g/mol. The zero-order chi connectivity index (χ0) is 59.9. The lowest BCUT2D eigenvalue weighted by Gasteiger charge is -2.48. The topological polar surface area (TPSA) is 266 Å². The lowest BCUT2D eigenvalue weighted by Crippen LogP contribution is -2.71. The third-order valence-corrected chi connectivity index (χ3v) is 48.6. The summed E-state index contributed by atoms with van der Waals surface area (Å²) in [4.78, 5) is 28.3. The fourth-order valence-corrected chi connectivity index (χ4v) is 53.7. The van der Waals surface area contributed by atoms with Crippen LogP contribution in [0.5, 0.6) is 0 Å². The summed E-state index contributed by atoms with van der Waals surface area (Å²) in [6.07, 6.45) is 3.04. The Morgan fingerprint density at radius 3 is 1.22 bits per heavy atom. The van der Waals surface area contributed by atoms with Crippen LogP contribution in [0.25, 0.3) is 0 Å². The highest BCUT2D eigenvalue weighted by Crippen LogP contribution is 2.32. The third kappa shape index (κ3) is 34.4. The molecule has 3 fully saturated rings. The molecule has 0 bridgehead atoms. The van der Waals surface area contributed by atoms with Crippen LogP contribution in [-0.2, 0) is 55.7 Å². The quantitative estimate of drug-likeness (QED) is 0.0333. The van der Waals surface area contributed by atoms with Crippen LogP contribution < -0.4 is 22.1 Å². The van der Waals surface area contributed by atoms with Gasteiger partial charge in [-0.15, -0.1) is 0 Å². The Hall–Kier alpha value is 1.60. The Morgan fingerprint density at radius 2 is 0.857 bits per heavy atom. The molecule has 0 saturated carbocycles. The maximum absolute atomic E-state index is 11.6. The van der Waals surface area contributed by atoms with Gasteiger partial charge in [0.2, 0.25) is 0 Å². The van der Waals surface area contributed by atoms with Crippen LogP contribution >= 0.6 is 0 Å². The number of hydrogen-bond donors (Lipinski definition) is 7. The number of ether oxygens (including phenoxy) is 3. The summed E-state index contributed by atoms with van der Waals surface area (Å²) in [5, 5.41) is 6.64. The van der Waals surface area contributed by atoms with Gasteiger partial charge in [-0.1, -0.05) is 26.2 Å². The minimum atomic E-state index is -3.70. The lowest BCUT2D eigenvalue weighted by molar-refractivity contribution is 0.0337. The van der Waals surface area contributed by atoms with E-state index in [0.717, 1.165) is 65.2 Å². The molecule has 0 aromatic carbocycles. The van der Waals surface area contributed by atoms with E-state index in [1.54, 1.807) is 7.11 Å². The summed E-state index contributed by atoms with van der Waals surface area (Å²) in [7, 11) is -18.0. The van der Waals surface area contributed by atoms with Gasteiger partial charge in [0, 0.05) is 78.7 Å². The van der Waals surface area contributed by atoms with Crippen LogP contribution in [0.15, 0.2) is 0 Å². The Balaban J connectivity index is 0.000000562. The highest BCUT2D eigenvalue weighted by Gasteiger charge is 2.58. The number of nitrogens with zero attached hydrogens (tertiary/aromatic N) is 3. The van der Waals surface area contributed by atoms with E-state index in [1.165, 1.54) is 0 Å². The van der Waals surface area contributed by atoms with Crippen molar-refractivity contribution in [3.63, 3.8) is 0 Å². The molecule has 0 spiro atoms. The average Bonchev–Trinajstić information content (AvgIpc) is 3.30. The molecule has 0 aromatic heterocycles. The van der Waals surface area contributed by atoms with Crippen LogP contribution in [0.2, 0.25) is 110 Å². The second-order valence-electron chi connectivity index (χ2n) is 23.7. The van der Waals surface area contributed by atoms with Gasteiger partial charge in [-0.2, -0.15) is 0 Å². The van der Waals surface area contributed by atoms with Gasteiger partial charge in [-0.05, 0) is 110 Å². The van der Waals surface area contributed by atoms with Crippen LogP contribution in [-0.4, -0.2) is 285 Å². The van der Waals surface area contributed by atoms with Gasteiger partial charge in [0.15, 0.2) is 2.86 Å². The van der Waals surface area contributed by atoms with E-state index in [4.69, 9.17) is 94.5 Å². The molecular weight excluding hydrogens is 1180 g/mol. The molecule has 3 aliphatic heterocycles. The van der Waals surface area contributed by atoms with Crippen LogP contribution in [0.3, 0.4) is 0 Å². The molecule has 5 unspecified atom stereocenters. The molecule has 3 aliphatic rings. The Bertz CT molecular complexity index is 1710. The maximum atomic E-state index is 11.6. The largest absolute Gasteiger partial charge is 0.493 e. The van der Waals surface area contributed by atoms with Gasteiger partial charge in [-0.25, -0.2) is 0 Å². The standard InChI is InChI=1S/C24H61BN4O9Si6.C17H46BN3O7Si5/c1-31-43(9,23-28-14-18-32-19-15-28)38-44(34-39(2,3)25,24-29-16-20-33-21-17-29)37-41(6,7)36-42(8,35-40(4,5)30)22-10-12-27-13-11-26;1-29(2,18)25-33(23,17-21-12-14-24-15-13-21)28-31(5,6)27-32(7,26-30(3,4)22)16-8-10-20-11-9-19/h27,30H,10-24,26H2,1-9H3;20,22-23H,8-17,19H2,1-7H3/i30D;22D. The molecule has 77 heavy (non-hydrogen) atoms. The second-order valence-corrected chi connectivity index (χ2v) is 60.6. The molecular formula is C41H107B2N7O16Si11. The average molecular weight is 1290 g/mol. The number of rotatable bonds is 39. The lowest BCUT2D eigenvalue weighted by atomic mass is 10.5. The highest BCUT2D eigenvalue weighted by molar-refractivity contribution is 7.15. The Kier molecular flexibility index (Phi) is 30.9. The van der Waals surface area contributed by atoms with Crippen molar-refractivity contribution in [2.45, 2.75) is 123 Å². The summed E-state index contributed by atoms with van der Waals surface area (Å²) >= 11 is 0. The molecule has 0 amide bonds. The van der Waals surface area contributed by atoms with E-state index in [2.05, 4.69) is 31.9 Å². The first-order valence-electron chi connectivity index (χ1n) is 28.4. The van der Waals surface area contributed by atoms with Crippen molar-refractivity contribution in [1.29, 1.82) is 2.86 Å². The van der Waals surface area contributed by atoms with Crippen molar-refractivity contribution < 1.29 is 70.1 Å². The molecule has 452 valence electrons. The van der Waals surface area contributed by atoms with Gasteiger partial charge in [0.1, 0.15) is 16.4 Å². The number of hydrogen-bond acceptors (Lipinski definition) is 23. The van der Waals surface area contributed by atoms with Crippen molar-refractivity contribution >= 4 is 109 Å².